The van der Waals surface area contributed by atoms with Crippen molar-refractivity contribution in [2.75, 3.05) is 0 Å². The molecule has 1 aliphatic rings. The van der Waals surface area contributed by atoms with E-state index in [1.54, 1.807) is 6.08 Å². The Morgan fingerprint density at radius 2 is 1.69 bits per heavy atom. The molecule has 1 aromatic carbocycles. The van der Waals surface area contributed by atoms with Gasteiger partial charge in [0.25, 0.3) is 0 Å². The Labute approximate surface area is 78.0 Å². The molecule has 0 fully saturated rings. The molecule has 0 bridgehead atoms. The molecule has 1 N–H and O–H groups in total. The van der Waals surface area contributed by atoms with Gasteiger partial charge in [-0.1, -0.05) is 36.4 Å². The summed E-state index contributed by atoms with van der Waals surface area (Å²) in [5.74, 6) is 0.486. The molecule has 0 unspecified atom stereocenters. The standard InChI is InChI=1S/C12H12O/c13-12-8-6-11(7-9-12)10-4-2-1-3-5-10/h1-6,8,13H,7,9H2. The van der Waals surface area contributed by atoms with Gasteiger partial charge in [-0.05, 0) is 23.6 Å². The summed E-state index contributed by atoms with van der Waals surface area (Å²) in [6.07, 6.45) is 5.48. The topological polar surface area (TPSA) is 20.2 Å². The molecular weight excluding hydrogens is 160 g/mol. The Morgan fingerprint density at radius 1 is 0.923 bits per heavy atom. The molecule has 0 aromatic heterocycles. The fourth-order valence-electron chi connectivity index (χ4n) is 1.52. The van der Waals surface area contributed by atoms with E-state index in [1.165, 1.54) is 11.1 Å². The SMILES string of the molecule is OC1=CC=C(c2ccccc2)CC1. The molecule has 13 heavy (non-hydrogen) atoms. The summed E-state index contributed by atoms with van der Waals surface area (Å²) in [6, 6.07) is 10.3. The van der Waals surface area contributed by atoms with Gasteiger partial charge < -0.3 is 5.11 Å². The van der Waals surface area contributed by atoms with Crippen LogP contribution < -0.4 is 0 Å². The third-order valence-corrected chi connectivity index (χ3v) is 2.27. The first kappa shape index (κ1) is 8.11. The lowest BCUT2D eigenvalue weighted by Crippen LogP contribution is -1.92. The van der Waals surface area contributed by atoms with E-state index in [1.807, 2.05) is 24.3 Å². The third-order valence-electron chi connectivity index (χ3n) is 2.27. The highest BCUT2D eigenvalue weighted by molar-refractivity contribution is 5.68. The number of hydrogen-bond acceptors (Lipinski definition) is 1. The van der Waals surface area contributed by atoms with Gasteiger partial charge in [-0.3, -0.25) is 0 Å². The summed E-state index contributed by atoms with van der Waals surface area (Å²) in [5, 5.41) is 9.19. The quantitative estimate of drug-likeness (QED) is 0.689. The lowest BCUT2D eigenvalue weighted by atomic mass is 9.97. The van der Waals surface area contributed by atoms with E-state index in [9.17, 15) is 5.11 Å². The molecule has 0 spiro atoms. The Hall–Kier alpha value is -1.50. The fraction of sp³-hybridized carbons (Fsp3) is 0.167. The highest BCUT2D eigenvalue weighted by Crippen LogP contribution is 2.25. The second kappa shape index (κ2) is 3.48. The van der Waals surface area contributed by atoms with Crippen LogP contribution in [0.5, 0.6) is 0 Å². The molecule has 0 aliphatic heterocycles. The summed E-state index contributed by atoms with van der Waals surface area (Å²) in [4.78, 5) is 0. The maximum Gasteiger partial charge on any atom is 0.0926 e. The van der Waals surface area contributed by atoms with Gasteiger partial charge in [-0.2, -0.15) is 0 Å². The molecular formula is C12H12O. The van der Waals surface area contributed by atoms with Crippen molar-refractivity contribution in [3.05, 3.63) is 53.8 Å². The van der Waals surface area contributed by atoms with E-state index in [-0.39, 0.29) is 0 Å². The first-order valence-electron chi connectivity index (χ1n) is 4.50. The van der Waals surface area contributed by atoms with Crippen molar-refractivity contribution >= 4 is 5.57 Å². The molecule has 0 heterocycles. The zero-order chi connectivity index (χ0) is 9.10. The van der Waals surface area contributed by atoms with Crippen molar-refractivity contribution in [3.8, 4) is 0 Å². The monoisotopic (exact) mass is 172 g/mol. The number of benzene rings is 1. The van der Waals surface area contributed by atoms with Crippen LogP contribution >= 0.6 is 0 Å². The van der Waals surface area contributed by atoms with Crippen LogP contribution in [0.2, 0.25) is 0 Å². The van der Waals surface area contributed by atoms with E-state index in [0.717, 1.165) is 12.8 Å². The van der Waals surface area contributed by atoms with Gasteiger partial charge >= 0.3 is 0 Å². The number of hydrogen-bond donors (Lipinski definition) is 1. The summed E-state index contributed by atoms with van der Waals surface area (Å²) in [5.41, 5.74) is 2.56. The van der Waals surface area contributed by atoms with Crippen molar-refractivity contribution < 1.29 is 5.11 Å². The van der Waals surface area contributed by atoms with Gasteiger partial charge in [0.1, 0.15) is 0 Å². The van der Waals surface area contributed by atoms with Gasteiger partial charge in [0.15, 0.2) is 0 Å². The van der Waals surface area contributed by atoms with Crippen LogP contribution in [-0.2, 0) is 0 Å². The minimum atomic E-state index is 0.486. The molecule has 0 atom stereocenters. The van der Waals surface area contributed by atoms with Crippen molar-refractivity contribution in [2.24, 2.45) is 0 Å². The summed E-state index contributed by atoms with van der Waals surface area (Å²) in [7, 11) is 0. The number of aliphatic hydroxyl groups excluding tert-OH is 1. The average Bonchev–Trinajstić information content (AvgIpc) is 2.20. The van der Waals surface area contributed by atoms with Gasteiger partial charge in [0.05, 0.1) is 5.76 Å². The molecule has 1 nitrogen and oxygen atoms in total. The van der Waals surface area contributed by atoms with Crippen LogP contribution in [0.4, 0.5) is 0 Å². The second-order valence-corrected chi connectivity index (χ2v) is 3.22. The van der Waals surface area contributed by atoms with Crippen LogP contribution in [-0.4, -0.2) is 5.11 Å². The summed E-state index contributed by atoms with van der Waals surface area (Å²) >= 11 is 0. The normalized spacial score (nSPS) is 16.3. The van der Waals surface area contributed by atoms with Gasteiger partial charge in [0, 0.05) is 6.42 Å². The molecule has 0 saturated heterocycles. The smallest absolute Gasteiger partial charge is 0.0926 e. The Kier molecular flexibility index (Phi) is 2.17. The van der Waals surface area contributed by atoms with Gasteiger partial charge in [0.2, 0.25) is 0 Å². The number of rotatable bonds is 1. The first-order chi connectivity index (χ1) is 6.36. The van der Waals surface area contributed by atoms with Crippen LogP contribution in [0.1, 0.15) is 18.4 Å². The third kappa shape index (κ3) is 1.81. The molecule has 0 radical (unpaired) electrons. The van der Waals surface area contributed by atoms with E-state index in [0.29, 0.717) is 5.76 Å². The van der Waals surface area contributed by atoms with E-state index < -0.39 is 0 Å². The van der Waals surface area contributed by atoms with Crippen LogP contribution in [0.25, 0.3) is 5.57 Å². The number of aliphatic hydroxyl groups is 1. The van der Waals surface area contributed by atoms with E-state index in [2.05, 4.69) is 12.1 Å². The van der Waals surface area contributed by atoms with Gasteiger partial charge in [-0.25, -0.2) is 0 Å². The first-order valence-corrected chi connectivity index (χ1v) is 4.50. The zero-order valence-corrected chi connectivity index (χ0v) is 7.40. The van der Waals surface area contributed by atoms with Crippen LogP contribution in [0.3, 0.4) is 0 Å². The molecule has 0 amide bonds. The minimum absolute atomic E-state index is 0.486. The average molecular weight is 172 g/mol. The van der Waals surface area contributed by atoms with Crippen molar-refractivity contribution in [2.45, 2.75) is 12.8 Å². The zero-order valence-electron chi connectivity index (χ0n) is 7.40. The van der Waals surface area contributed by atoms with E-state index >= 15 is 0 Å². The predicted octanol–water partition coefficient (Wildman–Crippen LogP) is 3.31. The molecule has 1 aliphatic carbocycles. The Morgan fingerprint density at radius 3 is 2.31 bits per heavy atom. The maximum absolute atomic E-state index is 9.19. The fourth-order valence-corrected chi connectivity index (χ4v) is 1.52. The molecule has 1 aromatic rings. The number of allylic oxidation sites excluding steroid dienone is 4. The van der Waals surface area contributed by atoms with Crippen LogP contribution in [0.15, 0.2) is 48.2 Å². The molecule has 2 rings (SSSR count). The lowest BCUT2D eigenvalue weighted by molar-refractivity contribution is 0.388. The van der Waals surface area contributed by atoms with Crippen molar-refractivity contribution in [3.63, 3.8) is 0 Å². The Bertz CT molecular complexity index is 347. The van der Waals surface area contributed by atoms with Crippen molar-refractivity contribution in [1.82, 2.24) is 0 Å². The highest BCUT2D eigenvalue weighted by atomic mass is 16.3. The predicted molar refractivity (Wildman–Crippen MR) is 54.4 cm³/mol. The summed E-state index contributed by atoms with van der Waals surface area (Å²) < 4.78 is 0. The lowest BCUT2D eigenvalue weighted by Gasteiger charge is -2.10. The molecule has 66 valence electrons. The summed E-state index contributed by atoms with van der Waals surface area (Å²) in [6.45, 7) is 0. The largest absolute Gasteiger partial charge is 0.512 e. The minimum Gasteiger partial charge on any atom is -0.512 e. The van der Waals surface area contributed by atoms with E-state index in [4.69, 9.17) is 0 Å². The molecule has 0 saturated carbocycles. The Balaban J connectivity index is 2.29. The maximum atomic E-state index is 9.19. The van der Waals surface area contributed by atoms with Gasteiger partial charge in [-0.15, -0.1) is 0 Å². The van der Waals surface area contributed by atoms with Crippen LogP contribution in [0, 0.1) is 0 Å². The molecule has 1 heteroatoms. The highest BCUT2D eigenvalue weighted by Gasteiger charge is 2.05. The van der Waals surface area contributed by atoms with Crippen molar-refractivity contribution in [1.29, 1.82) is 0 Å². The second-order valence-electron chi connectivity index (χ2n) is 3.22.